The second-order valence-electron chi connectivity index (χ2n) is 5.10. The molecule has 0 spiro atoms. The van der Waals surface area contributed by atoms with Crippen LogP contribution in [0.25, 0.3) is 10.2 Å². The van der Waals surface area contributed by atoms with Crippen molar-refractivity contribution < 1.29 is 4.74 Å². The molecular formula is C15H15N3OS2. The number of thiazole rings is 2. The van der Waals surface area contributed by atoms with Crippen molar-refractivity contribution in [3.05, 3.63) is 40.3 Å². The van der Waals surface area contributed by atoms with Crippen molar-refractivity contribution in [1.29, 1.82) is 0 Å². The Morgan fingerprint density at radius 3 is 3.00 bits per heavy atom. The minimum absolute atomic E-state index is 0.0597. The largest absolute Gasteiger partial charge is 0.367 e. The fourth-order valence-corrected chi connectivity index (χ4v) is 4.32. The first-order chi connectivity index (χ1) is 10.3. The van der Waals surface area contributed by atoms with Crippen LogP contribution in [0, 0.1) is 6.92 Å². The molecule has 0 aliphatic carbocycles. The maximum absolute atomic E-state index is 5.89. The highest BCUT2D eigenvalue weighted by molar-refractivity contribution is 7.22. The summed E-state index contributed by atoms with van der Waals surface area (Å²) in [5.41, 5.74) is 2.14. The number of benzene rings is 1. The van der Waals surface area contributed by atoms with E-state index in [0.29, 0.717) is 0 Å². The smallest absolute Gasteiger partial charge is 0.186 e. The summed E-state index contributed by atoms with van der Waals surface area (Å²) in [7, 11) is 0. The normalized spacial score (nSPS) is 19.3. The Morgan fingerprint density at radius 1 is 1.29 bits per heavy atom. The van der Waals surface area contributed by atoms with E-state index in [1.807, 2.05) is 13.0 Å². The molecule has 1 fully saturated rings. The van der Waals surface area contributed by atoms with Gasteiger partial charge in [0.1, 0.15) is 11.1 Å². The van der Waals surface area contributed by atoms with Gasteiger partial charge in [0.05, 0.1) is 23.4 Å². The van der Waals surface area contributed by atoms with Crippen molar-refractivity contribution in [1.82, 2.24) is 9.97 Å². The molecule has 0 radical (unpaired) electrons. The molecule has 1 unspecified atom stereocenters. The molecule has 21 heavy (non-hydrogen) atoms. The van der Waals surface area contributed by atoms with Crippen LogP contribution in [0.15, 0.2) is 29.6 Å². The van der Waals surface area contributed by atoms with E-state index >= 15 is 0 Å². The summed E-state index contributed by atoms with van der Waals surface area (Å²) in [6.45, 7) is 4.46. The number of morpholine rings is 1. The van der Waals surface area contributed by atoms with Gasteiger partial charge in [0.2, 0.25) is 0 Å². The van der Waals surface area contributed by atoms with Gasteiger partial charge in [-0.3, -0.25) is 0 Å². The average molecular weight is 317 g/mol. The van der Waals surface area contributed by atoms with E-state index in [0.717, 1.165) is 41.0 Å². The Balaban J connectivity index is 1.60. The molecule has 1 aliphatic heterocycles. The quantitative estimate of drug-likeness (QED) is 0.723. The third-order valence-corrected chi connectivity index (χ3v) is 5.68. The fraction of sp³-hybridized carbons (Fsp3) is 0.333. The van der Waals surface area contributed by atoms with Gasteiger partial charge in [-0.2, -0.15) is 0 Å². The minimum Gasteiger partial charge on any atom is -0.367 e. The van der Waals surface area contributed by atoms with E-state index < -0.39 is 0 Å². The molecule has 6 heteroatoms. The third kappa shape index (κ3) is 2.54. The van der Waals surface area contributed by atoms with Crippen LogP contribution in [0.5, 0.6) is 0 Å². The van der Waals surface area contributed by atoms with Crippen molar-refractivity contribution in [3.63, 3.8) is 0 Å². The Kier molecular flexibility index (Phi) is 3.37. The summed E-state index contributed by atoms with van der Waals surface area (Å²) in [5.74, 6) is 0. The lowest BCUT2D eigenvalue weighted by molar-refractivity contribution is 0.0396. The standard InChI is InChI=1S/C15H15N3OS2/c1-10-9-20-14(16-10)12-8-18(6-7-19-12)15-17-11-4-2-3-5-13(11)21-15/h2-5,9,12H,6-8H2,1H3. The van der Waals surface area contributed by atoms with Crippen molar-refractivity contribution >= 4 is 38.0 Å². The number of para-hydroxylation sites is 1. The number of hydrogen-bond donors (Lipinski definition) is 0. The summed E-state index contributed by atoms with van der Waals surface area (Å²) in [6, 6.07) is 8.28. The van der Waals surface area contributed by atoms with Gasteiger partial charge >= 0.3 is 0 Å². The minimum atomic E-state index is 0.0597. The van der Waals surface area contributed by atoms with Crippen molar-refractivity contribution in [3.8, 4) is 0 Å². The zero-order chi connectivity index (χ0) is 14.2. The van der Waals surface area contributed by atoms with Crippen molar-refractivity contribution in [2.45, 2.75) is 13.0 Å². The van der Waals surface area contributed by atoms with Gasteiger partial charge in [-0.15, -0.1) is 11.3 Å². The predicted molar refractivity (Wildman–Crippen MR) is 87.4 cm³/mol. The number of nitrogens with zero attached hydrogens (tertiary/aromatic N) is 3. The highest BCUT2D eigenvalue weighted by Crippen LogP contribution is 2.32. The molecule has 1 saturated heterocycles. The van der Waals surface area contributed by atoms with Crippen LogP contribution in [0.3, 0.4) is 0 Å². The monoisotopic (exact) mass is 317 g/mol. The fourth-order valence-electron chi connectivity index (χ4n) is 2.49. The van der Waals surface area contributed by atoms with Crippen LogP contribution in [0.4, 0.5) is 5.13 Å². The maximum atomic E-state index is 5.89. The van der Waals surface area contributed by atoms with E-state index in [4.69, 9.17) is 9.72 Å². The summed E-state index contributed by atoms with van der Waals surface area (Å²) >= 11 is 3.43. The Labute approximate surface area is 131 Å². The third-order valence-electron chi connectivity index (χ3n) is 3.53. The lowest BCUT2D eigenvalue weighted by Crippen LogP contribution is -2.38. The number of fused-ring (bicyclic) bond motifs is 1. The zero-order valence-electron chi connectivity index (χ0n) is 11.7. The number of aryl methyl sites for hydroxylation is 1. The van der Waals surface area contributed by atoms with Gasteiger partial charge in [0.15, 0.2) is 5.13 Å². The van der Waals surface area contributed by atoms with Gasteiger partial charge in [0, 0.05) is 17.6 Å². The van der Waals surface area contributed by atoms with Gasteiger partial charge in [-0.05, 0) is 19.1 Å². The topological polar surface area (TPSA) is 38.2 Å². The van der Waals surface area contributed by atoms with Crippen LogP contribution in [-0.4, -0.2) is 29.7 Å². The van der Waals surface area contributed by atoms with E-state index in [-0.39, 0.29) is 6.10 Å². The van der Waals surface area contributed by atoms with Crippen molar-refractivity contribution in [2.24, 2.45) is 0 Å². The molecule has 0 N–H and O–H groups in total. The molecule has 0 saturated carbocycles. The molecule has 1 aliphatic rings. The lowest BCUT2D eigenvalue weighted by atomic mass is 10.3. The van der Waals surface area contributed by atoms with Crippen LogP contribution in [0.2, 0.25) is 0 Å². The van der Waals surface area contributed by atoms with E-state index in [1.54, 1.807) is 22.7 Å². The molecule has 3 heterocycles. The van der Waals surface area contributed by atoms with Gasteiger partial charge in [0.25, 0.3) is 0 Å². The summed E-state index contributed by atoms with van der Waals surface area (Å²) in [5, 5.41) is 4.23. The molecule has 0 amide bonds. The van der Waals surface area contributed by atoms with Crippen LogP contribution < -0.4 is 4.90 Å². The Bertz CT molecular complexity index is 734. The number of anilines is 1. The SMILES string of the molecule is Cc1csc(C2CN(c3nc4ccccc4s3)CCO2)n1. The van der Waals surface area contributed by atoms with Crippen LogP contribution in [0.1, 0.15) is 16.8 Å². The van der Waals surface area contributed by atoms with E-state index in [2.05, 4.69) is 33.5 Å². The zero-order valence-corrected chi connectivity index (χ0v) is 13.3. The number of aromatic nitrogens is 2. The highest BCUT2D eigenvalue weighted by atomic mass is 32.1. The number of rotatable bonds is 2. The van der Waals surface area contributed by atoms with Crippen molar-refractivity contribution in [2.75, 3.05) is 24.6 Å². The molecule has 3 aromatic rings. The first kappa shape index (κ1) is 13.2. The molecule has 0 bridgehead atoms. The van der Waals surface area contributed by atoms with Crippen LogP contribution in [-0.2, 0) is 4.74 Å². The second kappa shape index (κ2) is 5.36. The second-order valence-corrected chi connectivity index (χ2v) is 7.00. The Hall–Kier alpha value is -1.50. The first-order valence-corrected chi connectivity index (χ1v) is 8.63. The molecule has 1 atom stereocenters. The molecule has 4 nitrogen and oxygen atoms in total. The highest BCUT2D eigenvalue weighted by Gasteiger charge is 2.26. The number of hydrogen-bond acceptors (Lipinski definition) is 6. The predicted octanol–water partition coefficient (Wildman–Crippen LogP) is 3.64. The summed E-state index contributed by atoms with van der Waals surface area (Å²) in [6.07, 6.45) is 0.0597. The maximum Gasteiger partial charge on any atom is 0.186 e. The van der Waals surface area contributed by atoms with E-state index in [1.165, 1.54) is 4.70 Å². The van der Waals surface area contributed by atoms with E-state index in [9.17, 15) is 0 Å². The summed E-state index contributed by atoms with van der Waals surface area (Å²) in [4.78, 5) is 11.6. The lowest BCUT2D eigenvalue weighted by Gasteiger charge is -2.31. The molecule has 4 rings (SSSR count). The molecule has 1 aromatic carbocycles. The average Bonchev–Trinajstić information content (AvgIpc) is 3.13. The molecule has 2 aromatic heterocycles. The van der Waals surface area contributed by atoms with Gasteiger partial charge < -0.3 is 9.64 Å². The Morgan fingerprint density at radius 2 is 2.19 bits per heavy atom. The van der Waals surface area contributed by atoms with Gasteiger partial charge in [-0.1, -0.05) is 23.5 Å². The molecule has 108 valence electrons. The van der Waals surface area contributed by atoms with Crippen LogP contribution >= 0.6 is 22.7 Å². The first-order valence-electron chi connectivity index (χ1n) is 6.94. The number of ether oxygens (including phenoxy) is 1. The summed E-state index contributed by atoms with van der Waals surface area (Å²) < 4.78 is 7.12. The molecular weight excluding hydrogens is 302 g/mol. The van der Waals surface area contributed by atoms with Gasteiger partial charge in [-0.25, -0.2) is 9.97 Å².